The number of nitrogens with zero attached hydrogens (tertiary/aromatic N) is 1. The van der Waals surface area contributed by atoms with Crippen molar-refractivity contribution in [3.8, 4) is 5.75 Å². The molecule has 0 aliphatic rings. The van der Waals surface area contributed by atoms with Crippen molar-refractivity contribution in [3.63, 3.8) is 0 Å². The Labute approximate surface area is 119 Å². The Morgan fingerprint density at radius 2 is 1.81 bits per heavy atom. The number of phenolic OH excluding ortho intramolecular Hbond substituents is 1. The van der Waals surface area contributed by atoms with Crippen LogP contribution in [0.5, 0.6) is 5.75 Å². The summed E-state index contributed by atoms with van der Waals surface area (Å²) in [6.45, 7) is 0.250. The third kappa shape index (κ3) is 2.76. The number of hydrogen-bond acceptors (Lipinski definition) is 3. The lowest BCUT2D eigenvalue weighted by Crippen LogP contribution is -2.01. The minimum absolute atomic E-state index is 0.250. The third-order valence-electron chi connectivity index (χ3n) is 3.18. The molecule has 2 aromatic carbocycles. The molecule has 3 aromatic rings. The number of hydrogen-bond donors (Lipinski definition) is 2. The van der Waals surface area contributed by atoms with E-state index in [1.165, 1.54) is 0 Å². The maximum absolute atomic E-state index is 13.2. The fourth-order valence-electron chi connectivity index (χ4n) is 2.11. The number of pyridine rings is 1. The van der Waals surface area contributed by atoms with Crippen molar-refractivity contribution in [2.75, 3.05) is 5.32 Å². The smallest absolute Gasteiger partial charge is 0.187 e. The van der Waals surface area contributed by atoms with E-state index in [0.29, 0.717) is 5.56 Å². The number of halogens is 2. The Bertz CT molecular complexity index is 782. The van der Waals surface area contributed by atoms with E-state index in [9.17, 15) is 8.78 Å². The first-order valence-electron chi connectivity index (χ1n) is 6.39. The molecule has 0 unspecified atom stereocenters. The van der Waals surface area contributed by atoms with Crippen LogP contribution in [0.15, 0.2) is 48.7 Å². The molecular formula is C16H12F2N2O. The van der Waals surface area contributed by atoms with Crippen molar-refractivity contribution in [2.45, 2.75) is 6.54 Å². The van der Waals surface area contributed by atoms with Crippen LogP contribution in [0, 0.1) is 11.6 Å². The summed E-state index contributed by atoms with van der Waals surface area (Å²) in [5.41, 5.74) is 2.11. The van der Waals surface area contributed by atoms with Crippen molar-refractivity contribution in [2.24, 2.45) is 0 Å². The van der Waals surface area contributed by atoms with Gasteiger partial charge in [-0.3, -0.25) is 4.98 Å². The van der Waals surface area contributed by atoms with Crippen LogP contribution < -0.4 is 5.32 Å². The van der Waals surface area contributed by atoms with Crippen LogP contribution in [-0.2, 0) is 6.54 Å². The molecule has 0 spiro atoms. The van der Waals surface area contributed by atoms with Crippen LogP contribution >= 0.6 is 0 Å². The highest BCUT2D eigenvalue weighted by Gasteiger charge is 2.09. The molecule has 1 heterocycles. The molecule has 0 aliphatic carbocycles. The predicted molar refractivity (Wildman–Crippen MR) is 77.1 cm³/mol. The summed E-state index contributed by atoms with van der Waals surface area (Å²) in [7, 11) is 0. The van der Waals surface area contributed by atoms with Gasteiger partial charge in [0.15, 0.2) is 17.4 Å². The second-order valence-electron chi connectivity index (χ2n) is 4.67. The predicted octanol–water partition coefficient (Wildman–Crippen LogP) is 3.83. The van der Waals surface area contributed by atoms with Gasteiger partial charge in [-0.2, -0.15) is 0 Å². The van der Waals surface area contributed by atoms with Gasteiger partial charge in [-0.15, -0.1) is 0 Å². The first-order valence-corrected chi connectivity index (χ1v) is 6.39. The van der Waals surface area contributed by atoms with E-state index in [1.54, 1.807) is 6.20 Å². The van der Waals surface area contributed by atoms with Crippen LogP contribution in [0.3, 0.4) is 0 Å². The molecule has 5 heteroatoms. The summed E-state index contributed by atoms with van der Waals surface area (Å²) in [6, 6.07) is 11.6. The zero-order valence-corrected chi connectivity index (χ0v) is 11.0. The number of benzene rings is 2. The Balaban J connectivity index is 1.80. The number of rotatable bonds is 3. The highest BCUT2D eigenvalue weighted by atomic mass is 19.1. The quantitative estimate of drug-likeness (QED) is 0.769. The van der Waals surface area contributed by atoms with Gasteiger partial charge < -0.3 is 10.4 Å². The number of phenols is 1. The molecular weight excluding hydrogens is 274 g/mol. The van der Waals surface area contributed by atoms with Gasteiger partial charge >= 0.3 is 0 Å². The molecule has 0 saturated heterocycles. The summed E-state index contributed by atoms with van der Waals surface area (Å²) in [4.78, 5) is 4.22. The van der Waals surface area contributed by atoms with Gasteiger partial charge in [-0.1, -0.05) is 6.07 Å². The van der Waals surface area contributed by atoms with Crippen LogP contribution in [0.25, 0.3) is 10.9 Å². The van der Waals surface area contributed by atoms with E-state index in [-0.39, 0.29) is 6.54 Å². The number of anilines is 1. The second-order valence-corrected chi connectivity index (χ2v) is 4.67. The van der Waals surface area contributed by atoms with Gasteiger partial charge in [0.2, 0.25) is 0 Å². The molecule has 0 amide bonds. The Morgan fingerprint density at radius 1 is 1.05 bits per heavy atom. The molecule has 0 atom stereocenters. The Kier molecular flexibility index (Phi) is 3.39. The molecule has 3 rings (SSSR count). The number of nitrogens with one attached hydrogen (secondary N) is 1. The zero-order chi connectivity index (χ0) is 14.8. The SMILES string of the molecule is Oc1c(F)cc(CNc2ccc3ncccc3c2)cc1F. The third-order valence-corrected chi connectivity index (χ3v) is 3.18. The van der Waals surface area contributed by atoms with Gasteiger partial charge in [0, 0.05) is 23.8 Å². The Hall–Kier alpha value is -2.69. The van der Waals surface area contributed by atoms with Crippen molar-refractivity contribution in [1.29, 1.82) is 0 Å². The van der Waals surface area contributed by atoms with E-state index in [4.69, 9.17) is 5.11 Å². The van der Waals surface area contributed by atoms with Crippen LogP contribution in [0.2, 0.25) is 0 Å². The minimum Gasteiger partial charge on any atom is -0.503 e. The van der Waals surface area contributed by atoms with E-state index < -0.39 is 17.4 Å². The fraction of sp³-hybridized carbons (Fsp3) is 0.0625. The lowest BCUT2D eigenvalue weighted by atomic mass is 10.1. The molecule has 0 fully saturated rings. The zero-order valence-electron chi connectivity index (χ0n) is 11.0. The first-order chi connectivity index (χ1) is 10.1. The van der Waals surface area contributed by atoms with Gasteiger partial charge in [0.05, 0.1) is 5.52 Å². The van der Waals surface area contributed by atoms with Crippen LogP contribution in [0.4, 0.5) is 14.5 Å². The van der Waals surface area contributed by atoms with Crippen molar-refractivity contribution < 1.29 is 13.9 Å². The molecule has 0 saturated carbocycles. The van der Waals surface area contributed by atoms with Gasteiger partial charge in [0.25, 0.3) is 0 Å². The Morgan fingerprint density at radius 3 is 2.57 bits per heavy atom. The summed E-state index contributed by atoms with van der Waals surface area (Å²) in [6.07, 6.45) is 1.72. The molecule has 0 aliphatic heterocycles. The molecule has 3 nitrogen and oxygen atoms in total. The number of aromatic nitrogens is 1. The van der Waals surface area contributed by atoms with Gasteiger partial charge in [-0.25, -0.2) is 8.78 Å². The average Bonchev–Trinajstić information content (AvgIpc) is 2.50. The van der Waals surface area contributed by atoms with E-state index in [0.717, 1.165) is 28.7 Å². The van der Waals surface area contributed by atoms with E-state index in [1.807, 2.05) is 30.3 Å². The largest absolute Gasteiger partial charge is 0.503 e. The summed E-state index contributed by atoms with van der Waals surface area (Å²) in [5.74, 6) is -2.88. The lowest BCUT2D eigenvalue weighted by molar-refractivity contribution is 0.395. The summed E-state index contributed by atoms with van der Waals surface area (Å²) in [5, 5.41) is 13.1. The monoisotopic (exact) mass is 286 g/mol. The number of aromatic hydroxyl groups is 1. The van der Waals surface area contributed by atoms with Crippen LogP contribution in [-0.4, -0.2) is 10.1 Å². The second kappa shape index (κ2) is 5.36. The molecule has 1 aromatic heterocycles. The molecule has 21 heavy (non-hydrogen) atoms. The normalized spacial score (nSPS) is 10.8. The molecule has 0 bridgehead atoms. The van der Waals surface area contributed by atoms with Crippen molar-refractivity contribution >= 4 is 16.6 Å². The van der Waals surface area contributed by atoms with Crippen LogP contribution in [0.1, 0.15) is 5.56 Å². The maximum Gasteiger partial charge on any atom is 0.187 e. The van der Waals surface area contributed by atoms with E-state index >= 15 is 0 Å². The summed E-state index contributed by atoms with van der Waals surface area (Å²) < 4.78 is 26.5. The standard InChI is InChI=1S/C16H12F2N2O/c17-13-6-10(7-14(18)16(13)21)9-20-12-3-4-15-11(8-12)2-1-5-19-15/h1-8,20-21H,9H2. The minimum atomic E-state index is -0.963. The van der Waals surface area contributed by atoms with Crippen molar-refractivity contribution in [1.82, 2.24) is 4.98 Å². The topological polar surface area (TPSA) is 45.1 Å². The number of fused-ring (bicyclic) bond motifs is 1. The average molecular weight is 286 g/mol. The fourth-order valence-corrected chi connectivity index (χ4v) is 2.11. The van der Waals surface area contributed by atoms with Gasteiger partial charge in [-0.05, 0) is 42.0 Å². The van der Waals surface area contributed by atoms with E-state index in [2.05, 4.69) is 10.3 Å². The van der Waals surface area contributed by atoms with Crippen molar-refractivity contribution in [3.05, 3.63) is 65.9 Å². The first kappa shape index (κ1) is 13.3. The highest BCUT2D eigenvalue weighted by molar-refractivity contribution is 5.82. The maximum atomic E-state index is 13.2. The highest BCUT2D eigenvalue weighted by Crippen LogP contribution is 2.22. The van der Waals surface area contributed by atoms with Gasteiger partial charge in [0.1, 0.15) is 0 Å². The molecule has 0 radical (unpaired) electrons. The lowest BCUT2D eigenvalue weighted by Gasteiger charge is -2.08. The molecule has 2 N–H and O–H groups in total. The summed E-state index contributed by atoms with van der Waals surface area (Å²) >= 11 is 0. The molecule has 106 valence electrons.